The van der Waals surface area contributed by atoms with Crippen LogP contribution in [0.2, 0.25) is 0 Å². The number of benzene rings is 1. The van der Waals surface area contributed by atoms with Gasteiger partial charge in [-0.2, -0.15) is 0 Å². The largest absolute Gasteiger partial charge is 0.323 e. The molecule has 0 heterocycles. The Morgan fingerprint density at radius 3 is 2.41 bits per heavy atom. The summed E-state index contributed by atoms with van der Waals surface area (Å²) in [6.07, 6.45) is 0. The third-order valence-corrected chi connectivity index (χ3v) is 2.83. The van der Waals surface area contributed by atoms with Gasteiger partial charge in [-0.1, -0.05) is 39.0 Å². The Balaban J connectivity index is 2.64. The lowest BCUT2D eigenvalue weighted by Crippen LogP contribution is -2.35. The number of nitrogens with two attached hydrogens (primary N) is 1. The van der Waals surface area contributed by atoms with Gasteiger partial charge in [-0.3, -0.25) is 0 Å². The van der Waals surface area contributed by atoms with Gasteiger partial charge >= 0.3 is 0 Å². The van der Waals surface area contributed by atoms with Crippen molar-refractivity contribution >= 4 is 0 Å². The summed E-state index contributed by atoms with van der Waals surface area (Å²) >= 11 is 0. The second-order valence-electron chi connectivity index (χ2n) is 4.87. The molecule has 3 heteroatoms. The predicted molar refractivity (Wildman–Crippen MR) is 70.3 cm³/mol. The van der Waals surface area contributed by atoms with Crippen LogP contribution in [0.4, 0.5) is 4.39 Å². The van der Waals surface area contributed by atoms with Crippen LogP contribution in [0.15, 0.2) is 24.3 Å². The van der Waals surface area contributed by atoms with E-state index in [0.29, 0.717) is 18.0 Å². The van der Waals surface area contributed by atoms with Crippen LogP contribution in [0.3, 0.4) is 0 Å². The Labute approximate surface area is 104 Å². The molecule has 1 aromatic carbocycles. The fourth-order valence-corrected chi connectivity index (χ4v) is 2.00. The van der Waals surface area contributed by atoms with Gasteiger partial charge in [0.2, 0.25) is 0 Å². The zero-order chi connectivity index (χ0) is 12.8. The molecule has 1 aromatic rings. The molecule has 2 N–H and O–H groups in total. The molecule has 0 aliphatic carbocycles. The molecule has 17 heavy (non-hydrogen) atoms. The van der Waals surface area contributed by atoms with E-state index in [1.54, 1.807) is 12.1 Å². The standard InChI is InChI=1S/C14H23FN2/c1-4-17(9-11(2)3)10-14(16)12-7-5-6-8-13(12)15/h5-8,11,14H,4,9-10,16H2,1-3H3. The van der Waals surface area contributed by atoms with Crippen LogP contribution >= 0.6 is 0 Å². The molecule has 0 aliphatic rings. The van der Waals surface area contributed by atoms with E-state index in [9.17, 15) is 4.39 Å². The van der Waals surface area contributed by atoms with E-state index >= 15 is 0 Å². The Morgan fingerprint density at radius 1 is 1.24 bits per heavy atom. The molecule has 1 unspecified atom stereocenters. The first-order valence-corrected chi connectivity index (χ1v) is 6.27. The van der Waals surface area contributed by atoms with Crippen molar-refractivity contribution in [3.05, 3.63) is 35.6 Å². The molecule has 0 saturated carbocycles. The minimum absolute atomic E-state index is 0.208. The summed E-state index contributed by atoms with van der Waals surface area (Å²) in [5, 5.41) is 0. The van der Waals surface area contributed by atoms with Gasteiger partial charge < -0.3 is 10.6 Å². The molecule has 96 valence electrons. The second kappa shape index (κ2) is 6.72. The van der Waals surface area contributed by atoms with Crippen molar-refractivity contribution in [3.8, 4) is 0 Å². The topological polar surface area (TPSA) is 29.3 Å². The van der Waals surface area contributed by atoms with Crippen molar-refractivity contribution in [2.45, 2.75) is 26.8 Å². The number of halogens is 1. The summed E-state index contributed by atoms with van der Waals surface area (Å²) in [6.45, 7) is 9.11. The van der Waals surface area contributed by atoms with Crippen LogP contribution in [0.1, 0.15) is 32.4 Å². The Bertz CT molecular complexity index is 339. The number of likely N-dealkylation sites (N-methyl/N-ethyl adjacent to an activating group) is 1. The fourth-order valence-electron chi connectivity index (χ4n) is 2.00. The first-order valence-electron chi connectivity index (χ1n) is 6.27. The minimum Gasteiger partial charge on any atom is -0.323 e. The Kier molecular flexibility index (Phi) is 5.59. The first-order chi connectivity index (χ1) is 8.04. The second-order valence-corrected chi connectivity index (χ2v) is 4.87. The van der Waals surface area contributed by atoms with Gasteiger partial charge in [-0.25, -0.2) is 4.39 Å². The zero-order valence-corrected chi connectivity index (χ0v) is 11.0. The van der Waals surface area contributed by atoms with Crippen molar-refractivity contribution in [1.82, 2.24) is 4.90 Å². The molecule has 0 saturated heterocycles. The molecule has 0 fully saturated rings. The molecule has 1 atom stereocenters. The van der Waals surface area contributed by atoms with Crippen molar-refractivity contribution in [3.63, 3.8) is 0 Å². The van der Waals surface area contributed by atoms with Crippen LogP contribution in [0.25, 0.3) is 0 Å². The number of hydrogen-bond donors (Lipinski definition) is 1. The van der Waals surface area contributed by atoms with Gasteiger partial charge in [0.25, 0.3) is 0 Å². The summed E-state index contributed by atoms with van der Waals surface area (Å²) in [5.74, 6) is 0.392. The minimum atomic E-state index is -0.255. The van der Waals surface area contributed by atoms with E-state index < -0.39 is 0 Å². The predicted octanol–water partition coefficient (Wildman–Crippen LogP) is 2.80. The van der Waals surface area contributed by atoms with Gasteiger partial charge in [0.15, 0.2) is 0 Å². The van der Waals surface area contributed by atoms with Crippen LogP contribution in [0.5, 0.6) is 0 Å². The average molecular weight is 238 g/mol. The molecule has 1 rings (SSSR count). The number of nitrogens with zero attached hydrogens (tertiary/aromatic N) is 1. The zero-order valence-electron chi connectivity index (χ0n) is 11.0. The highest BCUT2D eigenvalue weighted by atomic mass is 19.1. The fraction of sp³-hybridized carbons (Fsp3) is 0.571. The monoisotopic (exact) mass is 238 g/mol. The SMILES string of the molecule is CCN(CC(C)C)CC(N)c1ccccc1F. The number of hydrogen-bond acceptors (Lipinski definition) is 2. The van der Waals surface area contributed by atoms with Crippen molar-refractivity contribution in [2.75, 3.05) is 19.6 Å². The molecule has 0 amide bonds. The van der Waals surface area contributed by atoms with E-state index in [4.69, 9.17) is 5.73 Å². The molecular formula is C14H23FN2. The lowest BCUT2D eigenvalue weighted by Gasteiger charge is -2.26. The maximum atomic E-state index is 13.6. The third-order valence-electron chi connectivity index (χ3n) is 2.83. The van der Waals surface area contributed by atoms with Crippen LogP contribution in [-0.4, -0.2) is 24.5 Å². The molecular weight excluding hydrogens is 215 g/mol. The van der Waals surface area contributed by atoms with Crippen molar-refractivity contribution in [2.24, 2.45) is 11.7 Å². The maximum absolute atomic E-state index is 13.6. The van der Waals surface area contributed by atoms with Gasteiger partial charge in [0, 0.05) is 24.7 Å². The quantitative estimate of drug-likeness (QED) is 0.825. The molecule has 0 aliphatic heterocycles. The summed E-state index contributed by atoms with van der Waals surface area (Å²) < 4.78 is 13.6. The van der Waals surface area contributed by atoms with Crippen LogP contribution < -0.4 is 5.73 Å². The van der Waals surface area contributed by atoms with E-state index in [-0.39, 0.29) is 11.9 Å². The van der Waals surface area contributed by atoms with Gasteiger partial charge in [0.05, 0.1) is 0 Å². The molecule has 0 aromatic heterocycles. The van der Waals surface area contributed by atoms with E-state index in [1.807, 2.05) is 6.07 Å². The van der Waals surface area contributed by atoms with E-state index in [1.165, 1.54) is 6.07 Å². The third kappa shape index (κ3) is 4.44. The highest BCUT2D eigenvalue weighted by Gasteiger charge is 2.14. The highest BCUT2D eigenvalue weighted by molar-refractivity contribution is 5.21. The molecule has 0 bridgehead atoms. The van der Waals surface area contributed by atoms with Crippen LogP contribution in [0, 0.1) is 11.7 Å². The first kappa shape index (κ1) is 14.1. The Morgan fingerprint density at radius 2 is 1.88 bits per heavy atom. The van der Waals surface area contributed by atoms with Crippen molar-refractivity contribution in [1.29, 1.82) is 0 Å². The van der Waals surface area contributed by atoms with Gasteiger partial charge in [-0.05, 0) is 18.5 Å². The van der Waals surface area contributed by atoms with E-state index in [2.05, 4.69) is 25.7 Å². The average Bonchev–Trinajstić information content (AvgIpc) is 2.27. The van der Waals surface area contributed by atoms with Crippen LogP contribution in [-0.2, 0) is 0 Å². The number of rotatable bonds is 6. The Hall–Kier alpha value is -0.930. The smallest absolute Gasteiger partial charge is 0.128 e. The maximum Gasteiger partial charge on any atom is 0.128 e. The van der Waals surface area contributed by atoms with Crippen molar-refractivity contribution < 1.29 is 4.39 Å². The summed E-state index contributed by atoms with van der Waals surface area (Å²) in [5.41, 5.74) is 6.67. The summed E-state index contributed by atoms with van der Waals surface area (Å²) in [4.78, 5) is 2.27. The lowest BCUT2D eigenvalue weighted by atomic mass is 10.1. The van der Waals surface area contributed by atoms with Gasteiger partial charge in [-0.15, -0.1) is 0 Å². The summed E-state index contributed by atoms with van der Waals surface area (Å²) in [6, 6.07) is 6.50. The molecule has 0 radical (unpaired) electrons. The lowest BCUT2D eigenvalue weighted by molar-refractivity contribution is 0.240. The van der Waals surface area contributed by atoms with E-state index in [0.717, 1.165) is 13.1 Å². The molecule has 2 nitrogen and oxygen atoms in total. The normalized spacial score (nSPS) is 13.4. The molecule has 0 spiro atoms. The summed E-state index contributed by atoms with van der Waals surface area (Å²) in [7, 11) is 0. The highest BCUT2D eigenvalue weighted by Crippen LogP contribution is 2.16. The van der Waals surface area contributed by atoms with Gasteiger partial charge in [0.1, 0.15) is 5.82 Å².